The molecule has 6 rings (SSSR count). The Hall–Kier alpha value is -3.54. The highest BCUT2D eigenvalue weighted by Gasteiger charge is 2.57. The molecule has 0 spiro atoms. The number of thiophene rings is 1. The molecule has 4 aromatic rings. The van der Waals surface area contributed by atoms with E-state index >= 15 is 0 Å². The van der Waals surface area contributed by atoms with Gasteiger partial charge in [-0.25, -0.2) is 9.29 Å². The van der Waals surface area contributed by atoms with Crippen molar-refractivity contribution in [3.05, 3.63) is 97.3 Å². The number of hydrogen-bond donors (Lipinski definition) is 1. The summed E-state index contributed by atoms with van der Waals surface area (Å²) in [5.41, 5.74) is 0.916. The third-order valence-corrected chi connectivity index (χ3v) is 9.90. The lowest BCUT2D eigenvalue weighted by Crippen LogP contribution is -2.32. The fourth-order valence-electron chi connectivity index (χ4n) is 4.74. The third kappa shape index (κ3) is 4.12. The summed E-state index contributed by atoms with van der Waals surface area (Å²) in [6.07, 6.45) is 0. The summed E-state index contributed by atoms with van der Waals surface area (Å²) < 4.78 is 14.6. The second kappa shape index (κ2) is 9.40. The van der Waals surface area contributed by atoms with E-state index in [1.165, 1.54) is 56.8 Å². The van der Waals surface area contributed by atoms with Crippen molar-refractivity contribution in [2.24, 2.45) is 5.92 Å². The molecule has 2 aliphatic heterocycles. The number of imide groups is 1. The SMILES string of the molecule is O=C(Cn1c2c(sc1=O)C(c1cccs1)C1C(=O)N(c3ccccc3)C(=O)C1S2)Nc1ccc(F)cc1. The number of thioether (sulfide) groups is 1. The molecule has 3 atom stereocenters. The Bertz CT molecular complexity index is 1560. The molecule has 3 amide bonds. The highest BCUT2D eigenvalue weighted by molar-refractivity contribution is 8.00. The van der Waals surface area contributed by atoms with Gasteiger partial charge in [-0.05, 0) is 47.8 Å². The second-order valence-corrected chi connectivity index (χ2v) is 11.7. The van der Waals surface area contributed by atoms with Gasteiger partial charge in [0.2, 0.25) is 17.7 Å². The number of para-hydroxylation sites is 1. The first kappa shape index (κ1) is 23.8. The summed E-state index contributed by atoms with van der Waals surface area (Å²) in [5.74, 6) is -2.64. The monoisotopic (exact) mass is 551 g/mol. The lowest BCUT2D eigenvalue weighted by Gasteiger charge is -2.29. The first-order valence-corrected chi connectivity index (χ1v) is 13.9. The van der Waals surface area contributed by atoms with Crippen molar-refractivity contribution in [1.29, 1.82) is 0 Å². The molecule has 3 unspecified atom stereocenters. The van der Waals surface area contributed by atoms with Crippen LogP contribution in [0, 0.1) is 11.7 Å². The van der Waals surface area contributed by atoms with Gasteiger partial charge in [-0.15, -0.1) is 11.3 Å². The largest absolute Gasteiger partial charge is 0.325 e. The van der Waals surface area contributed by atoms with Crippen LogP contribution >= 0.6 is 34.4 Å². The summed E-state index contributed by atoms with van der Waals surface area (Å²) in [6, 6.07) is 17.9. The smallest absolute Gasteiger partial charge is 0.308 e. The third-order valence-electron chi connectivity index (χ3n) is 6.34. The molecule has 1 fully saturated rings. The van der Waals surface area contributed by atoms with Crippen LogP contribution in [0.15, 0.2) is 81.9 Å². The first-order chi connectivity index (χ1) is 17.9. The van der Waals surface area contributed by atoms with Crippen LogP contribution < -0.4 is 15.1 Å². The van der Waals surface area contributed by atoms with Crippen molar-refractivity contribution < 1.29 is 18.8 Å². The van der Waals surface area contributed by atoms with E-state index in [4.69, 9.17) is 0 Å². The molecule has 37 heavy (non-hydrogen) atoms. The maximum atomic E-state index is 13.7. The van der Waals surface area contributed by atoms with Gasteiger partial charge >= 0.3 is 4.87 Å². The average molecular weight is 552 g/mol. The number of fused-ring (bicyclic) bond motifs is 2. The van der Waals surface area contributed by atoms with Crippen LogP contribution in [0.1, 0.15) is 15.7 Å². The molecule has 11 heteroatoms. The van der Waals surface area contributed by atoms with Gasteiger partial charge in [-0.3, -0.25) is 23.7 Å². The highest BCUT2D eigenvalue weighted by Crippen LogP contribution is 2.54. The lowest BCUT2D eigenvalue weighted by molar-refractivity contribution is -0.122. The van der Waals surface area contributed by atoms with E-state index in [9.17, 15) is 23.6 Å². The normalized spacial score (nSPS) is 20.6. The summed E-state index contributed by atoms with van der Waals surface area (Å²) in [4.78, 5) is 55.6. The van der Waals surface area contributed by atoms with Gasteiger partial charge < -0.3 is 5.32 Å². The van der Waals surface area contributed by atoms with Crippen LogP contribution in [-0.2, 0) is 20.9 Å². The number of amides is 3. The molecule has 0 aliphatic carbocycles. The zero-order valence-electron chi connectivity index (χ0n) is 19.0. The number of thiazole rings is 1. The average Bonchev–Trinajstić information content (AvgIpc) is 3.59. The van der Waals surface area contributed by atoms with Crippen molar-refractivity contribution >= 4 is 63.5 Å². The van der Waals surface area contributed by atoms with Gasteiger partial charge in [0.05, 0.1) is 16.6 Å². The quantitative estimate of drug-likeness (QED) is 0.368. The van der Waals surface area contributed by atoms with Crippen molar-refractivity contribution in [3.63, 3.8) is 0 Å². The fraction of sp³-hybridized carbons (Fsp3) is 0.154. The van der Waals surface area contributed by atoms with Gasteiger partial charge in [0, 0.05) is 21.4 Å². The Morgan fingerprint density at radius 1 is 0.946 bits per heavy atom. The first-order valence-electron chi connectivity index (χ1n) is 11.3. The van der Waals surface area contributed by atoms with Crippen LogP contribution in [0.4, 0.5) is 15.8 Å². The van der Waals surface area contributed by atoms with E-state index in [-0.39, 0.29) is 23.2 Å². The predicted octanol–water partition coefficient (Wildman–Crippen LogP) is 4.54. The number of carbonyl (C=O) groups excluding carboxylic acids is 3. The number of nitrogens with zero attached hydrogens (tertiary/aromatic N) is 2. The molecule has 0 bridgehead atoms. The molecule has 0 radical (unpaired) electrons. The minimum absolute atomic E-state index is 0.270. The zero-order chi connectivity index (χ0) is 25.7. The van der Waals surface area contributed by atoms with Crippen LogP contribution in [0.5, 0.6) is 0 Å². The number of rotatable bonds is 5. The van der Waals surface area contributed by atoms with Crippen LogP contribution in [0.2, 0.25) is 0 Å². The summed E-state index contributed by atoms with van der Waals surface area (Å²) in [5, 5.41) is 4.37. The number of nitrogens with one attached hydrogen (secondary N) is 1. The minimum Gasteiger partial charge on any atom is -0.325 e. The van der Waals surface area contributed by atoms with Crippen LogP contribution in [-0.4, -0.2) is 27.5 Å². The zero-order valence-corrected chi connectivity index (χ0v) is 21.4. The van der Waals surface area contributed by atoms with E-state index < -0.39 is 28.8 Å². The molecule has 2 aliphatic rings. The van der Waals surface area contributed by atoms with Gasteiger partial charge in [-0.2, -0.15) is 0 Å². The van der Waals surface area contributed by atoms with Crippen molar-refractivity contribution in [2.45, 2.75) is 22.7 Å². The van der Waals surface area contributed by atoms with Crippen molar-refractivity contribution in [3.8, 4) is 0 Å². The second-order valence-electron chi connectivity index (χ2n) is 8.58. The van der Waals surface area contributed by atoms with E-state index in [1.54, 1.807) is 24.3 Å². The Balaban J connectivity index is 1.38. The molecule has 4 heterocycles. The van der Waals surface area contributed by atoms with Gasteiger partial charge in [-0.1, -0.05) is 47.4 Å². The molecule has 1 N–H and O–H groups in total. The molecule has 2 aromatic carbocycles. The highest BCUT2D eigenvalue weighted by atomic mass is 32.2. The molecule has 7 nitrogen and oxygen atoms in total. The fourth-order valence-corrected chi connectivity index (χ4v) is 8.46. The molecule has 1 saturated heterocycles. The number of hydrogen-bond acceptors (Lipinski definition) is 7. The van der Waals surface area contributed by atoms with E-state index in [0.29, 0.717) is 21.3 Å². The predicted molar refractivity (Wildman–Crippen MR) is 142 cm³/mol. The van der Waals surface area contributed by atoms with E-state index in [0.717, 1.165) is 16.2 Å². The number of aromatic nitrogens is 1. The number of benzene rings is 2. The Kier molecular flexibility index (Phi) is 6.06. The van der Waals surface area contributed by atoms with Gasteiger partial charge in [0.15, 0.2) is 0 Å². The summed E-state index contributed by atoms with van der Waals surface area (Å²) in [7, 11) is 0. The molecule has 2 aromatic heterocycles. The minimum atomic E-state index is -0.729. The Morgan fingerprint density at radius 3 is 2.41 bits per heavy atom. The summed E-state index contributed by atoms with van der Waals surface area (Å²) >= 11 is 3.65. The number of carbonyl (C=O) groups is 3. The Labute approximate surface area is 222 Å². The van der Waals surface area contributed by atoms with Crippen molar-refractivity contribution in [2.75, 3.05) is 10.2 Å². The van der Waals surface area contributed by atoms with Crippen LogP contribution in [0.25, 0.3) is 0 Å². The van der Waals surface area contributed by atoms with Gasteiger partial charge in [0.1, 0.15) is 17.6 Å². The van der Waals surface area contributed by atoms with Crippen molar-refractivity contribution in [1.82, 2.24) is 4.57 Å². The standard InChI is InChI=1S/C26H18FN3O4S3/c27-14-8-10-15(11-9-14)28-18(31)13-29-25-22(37-26(29)34)19(17-7-4-12-35-17)20-21(36-25)24(33)30(23(20)32)16-5-2-1-3-6-16/h1-12,19-21H,13H2,(H,28,31). The maximum Gasteiger partial charge on any atom is 0.308 e. The lowest BCUT2D eigenvalue weighted by atomic mass is 9.87. The summed E-state index contributed by atoms with van der Waals surface area (Å²) in [6.45, 7) is -0.270. The maximum absolute atomic E-state index is 13.7. The Morgan fingerprint density at radius 2 is 1.70 bits per heavy atom. The topological polar surface area (TPSA) is 88.5 Å². The number of halogens is 1. The van der Waals surface area contributed by atoms with Crippen LogP contribution in [0.3, 0.4) is 0 Å². The van der Waals surface area contributed by atoms with E-state index in [2.05, 4.69) is 5.32 Å². The van der Waals surface area contributed by atoms with E-state index in [1.807, 2.05) is 23.6 Å². The molecular formula is C26H18FN3O4S3. The molecule has 186 valence electrons. The molecular weight excluding hydrogens is 534 g/mol. The molecule has 0 saturated carbocycles. The van der Waals surface area contributed by atoms with Gasteiger partial charge in [0.25, 0.3) is 0 Å². The number of anilines is 2.